The van der Waals surface area contributed by atoms with Crippen LogP contribution >= 0.6 is 23.5 Å². The Morgan fingerprint density at radius 1 is 0.429 bits per heavy atom. The smallest absolute Gasteiger partial charge is 0.166 e. The lowest BCUT2D eigenvalue weighted by Gasteiger charge is -2.11. The molecule has 6 aromatic carbocycles. The van der Waals surface area contributed by atoms with Crippen molar-refractivity contribution >= 4 is 51.8 Å². The first kappa shape index (κ1) is 32.9. The van der Waals surface area contributed by atoms with Crippen LogP contribution in [-0.2, 0) is 17.3 Å². The van der Waals surface area contributed by atoms with Crippen molar-refractivity contribution in [2.75, 3.05) is 0 Å². The summed E-state index contributed by atoms with van der Waals surface area (Å²) in [4.78, 5) is 43.7. The van der Waals surface area contributed by atoms with Gasteiger partial charge in [0, 0.05) is 36.3 Å². The van der Waals surface area contributed by atoms with Crippen LogP contribution in [0.5, 0.6) is 0 Å². The summed E-state index contributed by atoms with van der Waals surface area (Å²) in [6.45, 7) is 4.79. The van der Waals surface area contributed by atoms with Gasteiger partial charge in [0.2, 0.25) is 0 Å². The quantitative estimate of drug-likeness (QED) is 0.105. The molecule has 0 spiro atoms. The standard InChI is InChI=1S/C43H33O3S3/c1-27(44)30-6-10-35(11-7-30)47-37-14-18-39(19-15-37)49(40-20-16-38(17-21-40)48-36-12-8-31(9-13-36)28(2)45)41-22-23-42-34(25-41)24-33-5-4-32(29(3)46)26-43(33)42/h4-23,25-26H,24H2,1-3H3/q+1. The second-order valence-electron chi connectivity index (χ2n) is 12.0. The van der Waals surface area contributed by atoms with Crippen molar-refractivity contribution in [2.24, 2.45) is 0 Å². The highest BCUT2D eigenvalue weighted by atomic mass is 32.2. The summed E-state index contributed by atoms with van der Waals surface area (Å²) >= 11 is 3.37. The number of benzene rings is 6. The number of ketones is 3. The Bertz CT molecular complexity index is 2100. The van der Waals surface area contributed by atoms with Gasteiger partial charge in [0.15, 0.2) is 32.0 Å². The summed E-state index contributed by atoms with van der Waals surface area (Å²) in [5, 5.41) is 0. The van der Waals surface area contributed by atoms with Gasteiger partial charge in [-0.2, -0.15) is 0 Å². The van der Waals surface area contributed by atoms with Gasteiger partial charge in [-0.15, -0.1) is 0 Å². The van der Waals surface area contributed by atoms with Crippen molar-refractivity contribution in [1.82, 2.24) is 0 Å². The molecule has 0 atom stereocenters. The van der Waals surface area contributed by atoms with E-state index >= 15 is 0 Å². The molecule has 0 aliphatic heterocycles. The van der Waals surface area contributed by atoms with E-state index in [1.807, 2.05) is 60.7 Å². The molecule has 0 fully saturated rings. The lowest BCUT2D eigenvalue weighted by molar-refractivity contribution is 0.100. The minimum Gasteiger partial charge on any atom is -0.295 e. The molecule has 240 valence electrons. The average Bonchev–Trinajstić information content (AvgIpc) is 3.47. The van der Waals surface area contributed by atoms with Gasteiger partial charge in [-0.3, -0.25) is 14.4 Å². The topological polar surface area (TPSA) is 51.2 Å². The van der Waals surface area contributed by atoms with Crippen molar-refractivity contribution in [3.05, 3.63) is 161 Å². The van der Waals surface area contributed by atoms with Crippen molar-refractivity contribution in [2.45, 2.75) is 61.5 Å². The summed E-state index contributed by atoms with van der Waals surface area (Å²) in [6.07, 6.45) is 0.851. The van der Waals surface area contributed by atoms with Gasteiger partial charge in [0.25, 0.3) is 0 Å². The Morgan fingerprint density at radius 3 is 1.29 bits per heavy atom. The number of hydrogen-bond donors (Lipinski definition) is 0. The molecule has 6 aromatic rings. The fourth-order valence-corrected chi connectivity index (χ4v) is 9.73. The van der Waals surface area contributed by atoms with Crippen molar-refractivity contribution < 1.29 is 14.4 Å². The molecule has 0 bridgehead atoms. The van der Waals surface area contributed by atoms with Gasteiger partial charge in [-0.1, -0.05) is 59.9 Å². The number of fused-ring (bicyclic) bond motifs is 3. The molecule has 0 amide bonds. The van der Waals surface area contributed by atoms with Gasteiger partial charge in [-0.05, 0) is 147 Å². The number of rotatable bonds is 10. The van der Waals surface area contributed by atoms with Crippen LogP contribution in [0.4, 0.5) is 0 Å². The van der Waals surface area contributed by atoms with Crippen LogP contribution in [0.15, 0.2) is 168 Å². The van der Waals surface area contributed by atoms with Crippen LogP contribution in [0, 0.1) is 0 Å². The molecular weight excluding hydrogens is 661 g/mol. The van der Waals surface area contributed by atoms with E-state index in [2.05, 4.69) is 72.8 Å². The molecule has 0 radical (unpaired) electrons. The molecule has 3 nitrogen and oxygen atoms in total. The maximum absolute atomic E-state index is 12.1. The highest BCUT2D eigenvalue weighted by Gasteiger charge is 2.31. The Labute approximate surface area is 298 Å². The van der Waals surface area contributed by atoms with Gasteiger partial charge >= 0.3 is 0 Å². The zero-order valence-corrected chi connectivity index (χ0v) is 29.8. The van der Waals surface area contributed by atoms with E-state index in [-0.39, 0.29) is 28.2 Å². The third kappa shape index (κ3) is 7.23. The number of carbonyl (C=O) groups is 3. The maximum atomic E-state index is 12.1. The number of carbonyl (C=O) groups excluding carboxylic acids is 3. The predicted molar refractivity (Wildman–Crippen MR) is 201 cm³/mol. The lowest BCUT2D eigenvalue weighted by atomic mass is 10.0. The Morgan fingerprint density at radius 2 is 0.837 bits per heavy atom. The zero-order chi connectivity index (χ0) is 34.1. The van der Waals surface area contributed by atoms with Crippen LogP contribution in [0.25, 0.3) is 11.1 Å². The average molecular weight is 694 g/mol. The second-order valence-corrected chi connectivity index (χ2v) is 16.4. The highest BCUT2D eigenvalue weighted by molar-refractivity contribution is 7.99. The summed E-state index contributed by atoms with van der Waals surface area (Å²) in [5.41, 5.74) is 7.09. The second kappa shape index (κ2) is 14.1. The first-order valence-electron chi connectivity index (χ1n) is 16.0. The molecule has 49 heavy (non-hydrogen) atoms. The fraction of sp³-hybridized carbons (Fsp3) is 0.0930. The first-order chi connectivity index (χ1) is 23.7. The molecule has 6 heteroatoms. The van der Waals surface area contributed by atoms with Gasteiger partial charge in [0.1, 0.15) is 0 Å². The van der Waals surface area contributed by atoms with Crippen LogP contribution < -0.4 is 0 Å². The van der Waals surface area contributed by atoms with E-state index in [0.29, 0.717) is 0 Å². The molecule has 0 unspecified atom stereocenters. The molecule has 0 heterocycles. The van der Waals surface area contributed by atoms with E-state index in [1.54, 1.807) is 44.3 Å². The zero-order valence-electron chi connectivity index (χ0n) is 27.4. The largest absolute Gasteiger partial charge is 0.295 e. The molecule has 1 aliphatic rings. The minimum absolute atomic E-state index is 0.0686. The third-order valence-corrected chi connectivity index (χ3v) is 12.9. The van der Waals surface area contributed by atoms with Crippen molar-refractivity contribution in [3.8, 4) is 11.1 Å². The third-order valence-electron chi connectivity index (χ3n) is 8.61. The van der Waals surface area contributed by atoms with Crippen LogP contribution in [-0.4, -0.2) is 17.3 Å². The van der Waals surface area contributed by atoms with E-state index in [9.17, 15) is 14.4 Å². The SMILES string of the molecule is CC(=O)c1ccc(Sc2ccc([S+](c3ccc(Sc4ccc(C(C)=O)cc4)cc3)c3ccc4c(c3)Cc3ccc(C(C)=O)cc3-4)cc2)cc1. The first-order valence-corrected chi connectivity index (χ1v) is 18.9. The minimum atomic E-state index is -0.358. The Kier molecular flexibility index (Phi) is 9.46. The molecule has 0 N–H and O–H groups in total. The maximum Gasteiger partial charge on any atom is 0.166 e. The Hall–Kier alpha value is -4.62. The van der Waals surface area contributed by atoms with Crippen LogP contribution in [0.1, 0.15) is 63.0 Å². The molecule has 0 saturated heterocycles. The molecule has 7 rings (SSSR count). The highest BCUT2D eigenvalue weighted by Crippen LogP contribution is 2.42. The van der Waals surface area contributed by atoms with Crippen molar-refractivity contribution in [3.63, 3.8) is 0 Å². The van der Waals surface area contributed by atoms with E-state index < -0.39 is 0 Å². The number of Topliss-reactive ketones (excluding diaryl/α,β-unsaturated/α-hetero) is 3. The molecule has 1 aliphatic carbocycles. The lowest BCUT2D eigenvalue weighted by Crippen LogP contribution is -2.05. The Balaban J connectivity index is 1.20. The van der Waals surface area contributed by atoms with E-state index in [0.717, 1.165) is 48.3 Å². The normalized spacial score (nSPS) is 11.7. The van der Waals surface area contributed by atoms with E-state index in [4.69, 9.17) is 0 Å². The monoisotopic (exact) mass is 693 g/mol. The number of hydrogen-bond acceptors (Lipinski definition) is 5. The van der Waals surface area contributed by atoms with Gasteiger partial charge in [-0.25, -0.2) is 0 Å². The summed E-state index contributed by atoms with van der Waals surface area (Å²) < 4.78 is 0. The molecule has 0 aromatic heterocycles. The predicted octanol–water partition coefficient (Wildman–Crippen LogP) is 11.3. The fourth-order valence-electron chi connectivity index (χ4n) is 5.99. The van der Waals surface area contributed by atoms with Gasteiger partial charge in [0.05, 0.1) is 10.9 Å². The molecule has 0 saturated carbocycles. The molecular formula is C43H33O3S3+. The van der Waals surface area contributed by atoms with Crippen molar-refractivity contribution in [1.29, 1.82) is 0 Å². The summed E-state index contributed by atoms with van der Waals surface area (Å²) in [7, 11) is -0.358. The van der Waals surface area contributed by atoms with Gasteiger partial charge < -0.3 is 0 Å². The van der Waals surface area contributed by atoms with E-state index in [1.165, 1.54) is 31.4 Å². The summed E-state index contributed by atoms with van der Waals surface area (Å²) in [5.74, 6) is 0.219. The summed E-state index contributed by atoms with van der Waals surface area (Å²) in [6, 6.07) is 46.1. The van der Waals surface area contributed by atoms with Crippen LogP contribution in [0.2, 0.25) is 0 Å². The van der Waals surface area contributed by atoms with Crippen LogP contribution in [0.3, 0.4) is 0 Å².